The van der Waals surface area contributed by atoms with Gasteiger partial charge in [-0.3, -0.25) is 9.71 Å². The van der Waals surface area contributed by atoms with Crippen LogP contribution < -0.4 is 4.72 Å². The molecule has 1 heterocycles. The van der Waals surface area contributed by atoms with Gasteiger partial charge in [0.05, 0.1) is 17.2 Å². The van der Waals surface area contributed by atoms with E-state index in [9.17, 15) is 23.7 Å². The first-order valence-electron chi connectivity index (χ1n) is 7.56. The number of hydrogen-bond acceptors (Lipinski definition) is 8. The number of aromatic nitrogens is 1. The fraction of sp³-hybridized carbons (Fsp3) is 0.250. The second-order valence-corrected chi connectivity index (χ2v) is 7.01. The highest BCUT2D eigenvalue weighted by atomic mass is 32.2. The molecule has 0 amide bonds. The van der Waals surface area contributed by atoms with Crippen molar-refractivity contribution in [2.45, 2.75) is 23.2 Å². The molecule has 0 unspecified atom stereocenters. The van der Waals surface area contributed by atoms with E-state index in [2.05, 4.69) is 14.7 Å². The van der Waals surface area contributed by atoms with E-state index in [0.29, 0.717) is 5.69 Å². The van der Waals surface area contributed by atoms with Gasteiger partial charge >= 0.3 is 0 Å². The molecule has 2 rings (SSSR count). The Morgan fingerprint density at radius 3 is 2.38 bits per heavy atom. The average molecular weight is 381 g/mol. The number of sulfonamides is 1. The van der Waals surface area contributed by atoms with Gasteiger partial charge in [0.15, 0.2) is 0 Å². The van der Waals surface area contributed by atoms with E-state index in [1.165, 1.54) is 36.5 Å². The van der Waals surface area contributed by atoms with Crippen molar-refractivity contribution < 1.29 is 28.8 Å². The molecule has 26 heavy (non-hydrogen) atoms. The Hall–Kier alpha value is -2.37. The summed E-state index contributed by atoms with van der Waals surface area (Å²) in [7, 11) is -3.80. The van der Waals surface area contributed by atoms with Crippen molar-refractivity contribution in [3.63, 3.8) is 0 Å². The molecule has 0 spiro atoms. The number of benzene rings is 1. The third kappa shape index (κ3) is 5.31. The number of rotatable bonds is 8. The summed E-state index contributed by atoms with van der Waals surface area (Å²) in [6, 6.07) is 10.3. The summed E-state index contributed by atoms with van der Waals surface area (Å²) in [6.07, 6.45) is -2.14. The number of aliphatic hydroxyl groups excluding tert-OH is 4. The van der Waals surface area contributed by atoms with Crippen molar-refractivity contribution >= 4 is 27.7 Å². The molecule has 0 bridgehead atoms. The maximum Gasteiger partial charge on any atom is 0.263 e. The van der Waals surface area contributed by atoms with E-state index in [1.54, 1.807) is 12.1 Å². The fourth-order valence-corrected chi connectivity index (χ4v) is 2.93. The second-order valence-electron chi connectivity index (χ2n) is 5.32. The van der Waals surface area contributed by atoms with Crippen LogP contribution in [-0.4, -0.2) is 65.0 Å². The highest BCUT2D eigenvalue weighted by Crippen LogP contribution is 2.18. The van der Waals surface area contributed by atoms with Crippen LogP contribution in [0.2, 0.25) is 0 Å². The molecule has 10 heteroatoms. The van der Waals surface area contributed by atoms with Crippen LogP contribution in [0, 0.1) is 0 Å². The van der Waals surface area contributed by atoms with Crippen molar-refractivity contribution in [2.24, 2.45) is 4.99 Å². The molecule has 0 fully saturated rings. The third-order valence-electron chi connectivity index (χ3n) is 3.36. The summed E-state index contributed by atoms with van der Waals surface area (Å²) in [6.45, 7) is -0.706. The van der Waals surface area contributed by atoms with Gasteiger partial charge in [-0.05, 0) is 36.4 Å². The molecular weight excluding hydrogens is 362 g/mol. The molecule has 0 aliphatic rings. The van der Waals surface area contributed by atoms with Gasteiger partial charge < -0.3 is 20.4 Å². The zero-order valence-electron chi connectivity index (χ0n) is 13.5. The van der Waals surface area contributed by atoms with E-state index < -0.39 is 34.9 Å². The van der Waals surface area contributed by atoms with Crippen molar-refractivity contribution in [1.29, 1.82) is 0 Å². The van der Waals surface area contributed by atoms with Gasteiger partial charge in [-0.15, -0.1) is 0 Å². The lowest BCUT2D eigenvalue weighted by atomic mass is 10.1. The number of nitrogens with zero attached hydrogens (tertiary/aromatic N) is 2. The monoisotopic (exact) mass is 381 g/mol. The first-order valence-corrected chi connectivity index (χ1v) is 9.05. The van der Waals surface area contributed by atoms with Gasteiger partial charge in [0.1, 0.15) is 24.1 Å². The van der Waals surface area contributed by atoms with Crippen molar-refractivity contribution in [2.75, 3.05) is 11.3 Å². The van der Waals surface area contributed by atoms with E-state index in [1.807, 2.05) is 0 Å². The first-order chi connectivity index (χ1) is 12.3. The van der Waals surface area contributed by atoms with Crippen molar-refractivity contribution in [1.82, 2.24) is 4.98 Å². The molecule has 5 N–H and O–H groups in total. The van der Waals surface area contributed by atoms with Crippen LogP contribution in [0.1, 0.15) is 0 Å². The molecule has 0 radical (unpaired) electrons. The van der Waals surface area contributed by atoms with E-state index in [4.69, 9.17) is 5.11 Å². The van der Waals surface area contributed by atoms with Crippen LogP contribution in [0.4, 0.5) is 11.5 Å². The molecule has 1 aromatic heterocycles. The second kappa shape index (κ2) is 8.83. The van der Waals surface area contributed by atoms with Crippen LogP contribution >= 0.6 is 0 Å². The minimum atomic E-state index is -3.80. The quantitative estimate of drug-likeness (QED) is 0.392. The normalized spacial score (nSPS) is 15.5. The lowest BCUT2D eigenvalue weighted by Gasteiger charge is -2.18. The van der Waals surface area contributed by atoms with Gasteiger partial charge in [-0.25, -0.2) is 13.4 Å². The van der Waals surface area contributed by atoms with E-state index in [-0.39, 0.29) is 10.7 Å². The highest BCUT2D eigenvalue weighted by Gasteiger charge is 2.22. The summed E-state index contributed by atoms with van der Waals surface area (Å²) in [5, 5.41) is 37.1. The number of anilines is 1. The zero-order valence-corrected chi connectivity index (χ0v) is 14.4. The molecular formula is C16H19N3O6S. The maximum atomic E-state index is 12.3. The Morgan fingerprint density at radius 1 is 1.12 bits per heavy atom. The number of hydrogen-bond donors (Lipinski definition) is 5. The summed E-state index contributed by atoms with van der Waals surface area (Å²) in [4.78, 5) is 7.78. The van der Waals surface area contributed by atoms with Gasteiger partial charge in [0.2, 0.25) is 0 Å². The summed E-state index contributed by atoms with van der Waals surface area (Å²) >= 11 is 0. The molecule has 0 saturated heterocycles. The number of pyridine rings is 1. The van der Waals surface area contributed by atoms with Crippen LogP contribution in [0.15, 0.2) is 58.5 Å². The highest BCUT2D eigenvalue weighted by molar-refractivity contribution is 7.92. The predicted molar refractivity (Wildman–Crippen MR) is 94.7 cm³/mol. The molecule has 0 aliphatic heterocycles. The molecule has 1 aromatic carbocycles. The molecule has 0 saturated carbocycles. The largest absolute Gasteiger partial charge is 0.394 e. The topological polar surface area (TPSA) is 152 Å². The summed E-state index contributed by atoms with van der Waals surface area (Å²) in [5.74, 6) is 0.189. The summed E-state index contributed by atoms with van der Waals surface area (Å²) < 4.78 is 26.9. The predicted octanol–water partition coefficient (Wildman–Crippen LogP) is -0.340. The third-order valence-corrected chi connectivity index (χ3v) is 4.73. The fourth-order valence-electron chi connectivity index (χ4n) is 1.92. The minimum absolute atomic E-state index is 0.00149. The smallest absolute Gasteiger partial charge is 0.263 e. The van der Waals surface area contributed by atoms with Gasteiger partial charge in [-0.1, -0.05) is 6.07 Å². The summed E-state index contributed by atoms with van der Waals surface area (Å²) in [5.41, 5.74) is 0.325. The van der Waals surface area contributed by atoms with Crippen LogP contribution in [0.3, 0.4) is 0 Å². The van der Waals surface area contributed by atoms with Gasteiger partial charge in [0, 0.05) is 12.4 Å². The molecule has 2 aromatic rings. The first kappa shape index (κ1) is 19.9. The standard InChI is InChI=1S/C16H19N3O6S/c20-10-14(22)16(23)13(21)9-18-11-4-6-12(7-5-11)26(24,25)19-15-3-1-2-8-17-15/h1-9,13-14,16,20-23H,10H2,(H,17,19)/t13-,14-,16+/m1/s1. The number of aliphatic imine (C=N–C) groups is 1. The Kier molecular flexibility index (Phi) is 6.77. The van der Waals surface area contributed by atoms with E-state index in [0.717, 1.165) is 6.21 Å². The number of nitrogens with one attached hydrogen (secondary N) is 1. The van der Waals surface area contributed by atoms with Gasteiger partial charge in [0.25, 0.3) is 10.0 Å². The van der Waals surface area contributed by atoms with Crippen molar-refractivity contribution in [3.05, 3.63) is 48.7 Å². The molecule has 9 nitrogen and oxygen atoms in total. The Labute approximate surface area is 150 Å². The van der Waals surface area contributed by atoms with E-state index >= 15 is 0 Å². The Bertz CT molecular complexity index is 827. The number of aliphatic hydroxyl groups is 4. The van der Waals surface area contributed by atoms with Crippen LogP contribution in [-0.2, 0) is 10.0 Å². The average Bonchev–Trinajstić information content (AvgIpc) is 2.65. The minimum Gasteiger partial charge on any atom is -0.394 e. The van der Waals surface area contributed by atoms with Crippen LogP contribution in [0.25, 0.3) is 0 Å². The molecule has 3 atom stereocenters. The SMILES string of the molecule is O=S(=O)(Nc1ccccn1)c1ccc(N=C[C@@H](O)[C@H](O)[C@H](O)CO)cc1. The maximum absolute atomic E-state index is 12.3. The molecule has 0 aliphatic carbocycles. The Morgan fingerprint density at radius 2 is 1.81 bits per heavy atom. The lowest BCUT2D eigenvalue weighted by Crippen LogP contribution is -2.40. The van der Waals surface area contributed by atoms with Crippen molar-refractivity contribution in [3.8, 4) is 0 Å². The lowest BCUT2D eigenvalue weighted by molar-refractivity contribution is -0.0541. The zero-order chi connectivity index (χ0) is 19.2. The molecule has 140 valence electrons. The Balaban J connectivity index is 2.07. The van der Waals surface area contributed by atoms with Gasteiger partial charge in [-0.2, -0.15) is 0 Å². The van der Waals surface area contributed by atoms with Crippen LogP contribution in [0.5, 0.6) is 0 Å².